The maximum atomic E-state index is 13.1. The van der Waals surface area contributed by atoms with E-state index in [9.17, 15) is 18.3 Å². The van der Waals surface area contributed by atoms with Gasteiger partial charge in [0, 0.05) is 30.7 Å². The summed E-state index contributed by atoms with van der Waals surface area (Å²) in [5.74, 6) is -0.197. The van der Waals surface area contributed by atoms with E-state index in [-0.39, 0.29) is 17.4 Å². The zero-order chi connectivity index (χ0) is 18.5. The van der Waals surface area contributed by atoms with Gasteiger partial charge in [0.25, 0.3) is 5.91 Å². The Morgan fingerprint density at radius 2 is 2.04 bits per heavy atom. The number of fused-ring (bicyclic) bond motifs is 1. The van der Waals surface area contributed by atoms with Crippen LogP contribution in [-0.2, 0) is 16.9 Å². The molecular weight excluding hydrogens is 344 g/mol. The Morgan fingerprint density at radius 3 is 2.60 bits per heavy atom. The van der Waals surface area contributed by atoms with Gasteiger partial charge in [-0.1, -0.05) is 0 Å². The van der Waals surface area contributed by atoms with Crippen molar-refractivity contribution in [3.63, 3.8) is 0 Å². The summed E-state index contributed by atoms with van der Waals surface area (Å²) in [6, 6.07) is 4.77. The zero-order valence-corrected chi connectivity index (χ0v) is 15.5. The summed E-state index contributed by atoms with van der Waals surface area (Å²) in [4.78, 5) is 14.4. The van der Waals surface area contributed by atoms with Crippen molar-refractivity contribution in [3.8, 4) is 5.75 Å². The molecule has 1 aliphatic heterocycles. The molecule has 0 unspecified atom stereocenters. The van der Waals surface area contributed by atoms with Gasteiger partial charge in [-0.3, -0.25) is 4.79 Å². The molecule has 2 heterocycles. The maximum Gasteiger partial charge on any atom is 0.256 e. The van der Waals surface area contributed by atoms with E-state index in [0.29, 0.717) is 11.3 Å². The number of aliphatic hydroxyl groups is 1. The highest BCUT2D eigenvalue weighted by Crippen LogP contribution is 2.30. The van der Waals surface area contributed by atoms with Gasteiger partial charge in [0.15, 0.2) is 9.84 Å². The molecule has 1 aromatic heterocycles. The number of aryl methyl sites for hydroxylation is 1. The number of rotatable bonds is 3. The van der Waals surface area contributed by atoms with Crippen LogP contribution in [0.4, 0.5) is 0 Å². The molecule has 7 nitrogen and oxygen atoms in total. The molecule has 1 fully saturated rings. The maximum absolute atomic E-state index is 13.1. The molecule has 136 valence electrons. The molecule has 0 bridgehead atoms. The van der Waals surface area contributed by atoms with Gasteiger partial charge in [-0.25, -0.2) is 8.42 Å². The number of amides is 1. The predicted molar refractivity (Wildman–Crippen MR) is 94.8 cm³/mol. The van der Waals surface area contributed by atoms with Gasteiger partial charge in [-0.2, -0.15) is 0 Å². The number of ether oxygens (including phenoxy) is 1. The molecule has 0 aliphatic carbocycles. The third-order valence-corrected chi connectivity index (χ3v) is 6.72. The number of benzene rings is 1. The van der Waals surface area contributed by atoms with E-state index in [0.717, 1.165) is 16.6 Å². The van der Waals surface area contributed by atoms with Crippen molar-refractivity contribution in [1.29, 1.82) is 0 Å². The van der Waals surface area contributed by atoms with Crippen LogP contribution in [0.15, 0.2) is 18.2 Å². The highest BCUT2D eigenvalue weighted by Gasteiger charge is 2.41. The molecule has 1 saturated heterocycles. The summed E-state index contributed by atoms with van der Waals surface area (Å²) >= 11 is 0. The second-order valence-electron chi connectivity index (χ2n) is 6.53. The number of methoxy groups -OCH3 is 1. The summed E-state index contributed by atoms with van der Waals surface area (Å²) in [7, 11) is 1.64. The van der Waals surface area contributed by atoms with Gasteiger partial charge < -0.3 is 19.3 Å². The standard InChI is InChI=1S/C17H22N2O5S/c1-10-16(12-7-11(24-4)5-6-13(12)18(10)2)17(21)19(3)14-8-25(22,23)9-15(14)20/h5-7,14-15,20H,8-9H2,1-4H3/t14-,15-/m1/s1. The van der Waals surface area contributed by atoms with Crippen molar-refractivity contribution in [2.45, 2.75) is 19.1 Å². The van der Waals surface area contributed by atoms with E-state index in [1.54, 1.807) is 13.2 Å². The predicted octanol–water partition coefficient (Wildman–Crippen LogP) is 0.725. The molecule has 1 amide bonds. The second-order valence-corrected chi connectivity index (χ2v) is 8.68. The fourth-order valence-electron chi connectivity index (χ4n) is 3.46. The van der Waals surface area contributed by atoms with Gasteiger partial charge in [0.2, 0.25) is 0 Å². The quantitative estimate of drug-likeness (QED) is 0.865. The molecule has 0 saturated carbocycles. The van der Waals surface area contributed by atoms with Crippen molar-refractivity contribution in [1.82, 2.24) is 9.47 Å². The first-order chi connectivity index (χ1) is 11.7. The third-order valence-electron chi connectivity index (χ3n) is 5.02. The van der Waals surface area contributed by atoms with E-state index < -0.39 is 22.0 Å². The van der Waals surface area contributed by atoms with Crippen LogP contribution in [-0.4, -0.2) is 66.7 Å². The van der Waals surface area contributed by atoms with Gasteiger partial charge in [0.05, 0.1) is 36.3 Å². The van der Waals surface area contributed by atoms with E-state index >= 15 is 0 Å². The number of hydrogen-bond acceptors (Lipinski definition) is 5. The minimum Gasteiger partial charge on any atom is -0.497 e. The Bertz CT molecular complexity index is 948. The van der Waals surface area contributed by atoms with Gasteiger partial charge in [0.1, 0.15) is 5.75 Å². The number of aliphatic hydroxyl groups excluding tert-OH is 1. The SMILES string of the molecule is COc1ccc2c(c1)c(C(=O)N(C)[C@@H]1CS(=O)(=O)C[C@H]1O)c(C)n2C. The molecule has 8 heteroatoms. The van der Waals surface area contributed by atoms with Crippen molar-refractivity contribution in [2.75, 3.05) is 25.7 Å². The average Bonchev–Trinajstić information content (AvgIpc) is 2.98. The Kier molecular flexibility index (Phi) is 4.28. The Hall–Kier alpha value is -2.06. The van der Waals surface area contributed by atoms with Crippen molar-refractivity contribution >= 4 is 26.6 Å². The first-order valence-electron chi connectivity index (χ1n) is 7.95. The number of carbonyl (C=O) groups is 1. The number of nitrogens with zero attached hydrogens (tertiary/aromatic N) is 2. The van der Waals surface area contributed by atoms with Gasteiger partial charge in [-0.05, 0) is 25.1 Å². The Labute approximate surface area is 146 Å². The summed E-state index contributed by atoms with van der Waals surface area (Å²) in [5.41, 5.74) is 2.15. The fourth-order valence-corrected chi connectivity index (χ4v) is 5.30. The highest BCUT2D eigenvalue weighted by molar-refractivity contribution is 7.91. The van der Waals surface area contributed by atoms with Crippen molar-refractivity contribution < 1.29 is 23.1 Å². The van der Waals surface area contributed by atoms with Gasteiger partial charge in [-0.15, -0.1) is 0 Å². The van der Waals surface area contributed by atoms with Crippen LogP contribution in [0, 0.1) is 6.92 Å². The van der Waals surface area contributed by atoms with Crippen molar-refractivity contribution in [3.05, 3.63) is 29.5 Å². The number of likely N-dealkylation sites (N-methyl/N-ethyl adjacent to an activating group) is 1. The number of aromatic nitrogens is 1. The van der Waals surface area contributed by atoms with Crippen LogP contribution in [0.5, 0.6) is 5.75 Å². The van der Waals surface area contributed by atoms with E-state index in [1.807, 2.05) is 30.7 Å². The molecular formula is C17H22N2O5S. The number of sulfone groups is 1. The lowest BCUT2D eigenvalue weighted by Gasteiger charge is -2.26. The molecule has 1 N–H and O–H groups in total. The smallest absolute Gasteiger partial charge is 0.256 e. The topological polar surface area (TPSA) is 88.8 Å². The normalized spacial score (nSPS) is 22.3. The largest absolute Gasteiger partial charge is 0.497 e. The van der Waals surface area contributed by atoms with Crippen LogP contribution in [0.3, 0.4) is 0 Å². The van der Waals surface area contributed by atoms with Crippen LogP contribution in [0.1, 0.15) is 16.1 Å². The highest BCUT2D eigenvalue weighted by atomic mass is 32.2. The Balaban J connectivity index is 2.06. The van der Waals surface area contributed by atoms with Crippen LogP contribution >= 0.6 is 0 Å². The molecule has 1 aliphatic rings. The molecule has 2 atom stereocenters. The summed E-state index contributed by atoms with van der Waals surface area (Å²) < 4.78 is 30.7. The minimum absolute atomic E-state index is 0.219. The summed E-state index contributed by atoms with van der Waals surface area (Å²) in [6.07, 6.45) is -1.07. The molecule has 0 spiro atoms. The van der Waals surface area contributed by atoms with E-state index in [4.69, 9.17) is 4.74 Å². The van der Waals surface area contributed by atoms with Crippen LogP contribution in [0.2, 0.25) is 0 Å². The van der Waals surface area contributed by atoms with E-state index in [1.165, 1.54) is 11.9 Å². The summed E-state index contributed by atoms with van der Waals surface area (Å²) in [6.45, 7) is 1.84. The minimum atomic E-state index is -3.33. The summed E-state index contributed by atoms with van der Waals surface area (Å²) in [5, 5.41) is 10.8. The average molecular weight is 366 g/mol. The first-order valence-corrected chi connectivity index (χ1v) is 9.77. The number of hydrogen-bond donors (Lipinski definition) is 1. The molecule has 25 heavy (non-hydrogen) atoms. The lowest BCUT2D eigenvalue weighted by molar-refractivity contribution is 0.0582. The molecule has 3 rings (SSSR count). The monoisotopic (exact) mass is 366 g/mol. The first kappa shape index (κ1) is 17.8. The second kappa shape index (κ2) is 6.03. The lowest BCUT2D eigenvalue weighted by Crippen LogP contribution is -2.44. The van der Waals surface area contributed by atoms with Gasteiger partial charge >= 0.3 is 0 Å². The van der Waals surface area contributed by atoms with Crippen LogP contribution in [0.25, 0.3) is 10.9 Å². The molecule has 2 aromatic rings. The Morgan fingerprint density at radius 1 is 1.36 bits per heavy atom. The fraction of sp³-hybridized carbons (Fsp3) is 0.471. The zero-order valence-electron chi connectivity index (χ0n) is 14.7. The van der Waals surface area contributed by atoms with Crippen molar-refractivity contribution in [2.24, 2.45) is 7.05 Å². The van der Waals surface area contributed by atoms with Crippen LogP contribution < -0.4 is 4.74 Å². The number of carbonyl (C=O) groups excluding carboxylic acids is 1. The third kappa shape index (κ3) is 2.89. The van der Waals surface area contributed by atoms with E-state index in [2.05, 4.69) is 0 Å². The lowest BCUT2D eigenvalue weighted by atomic mass is 10.1. The molecule has 0 radical (unpaired) electrons. The molecule has 1 aromatic carbocycles.